The molecule has 4 heteroatoms. The number of benzene rings is 1. The molecule has 20 heavy (non-hydrogen) atoms. The molecule has 1 N–H and O–H groups in total. The van der Waals surface area contributed by atoms with Gasteiger partial charge in [0.05, 0.1) is 11.3 Å². The van der Waals surface area contributed by atoms with Crippen molar-refractivity contribution in [2.45, 2.75) is 0 Å². The van der Waals surface area contributed by atoms with E-state index in [1.54, 1.807) is 0 Å². The Morgan fingerprint density at radius 1 is 1.15 bits per heavy atom. The van der Waals surface area contributed by atoms with Gasteiger partial charge in [-0.15, -0.1) is 0 Å². The first-order valence-electron chi connectivity index (χ1n) is 6.34. The number of nitrogens with one attached hydrogen (secondary N) is 1. The predicted molar refractivity (Wildman–Crippen MR) is 80.6 cm³/mol. The molecule has 0 saturated heterocycles. The van der Waals surface area contributed by atoms with Crippen LogP contribution in [0, 0.1) is 11.3 Å². The molecule has 0 atom stereocenters. The molecular formula is C16H14N4. The van der Waals surface area contributed by atoms with Crippen molar-refractivity contribution in [3.8, 4) is 17.2 Å². The second kappa shape index (κ2) is 4.71. The van der Waals surface area contributed by atoms with E-state index in [1.807, 2.05) is 55.7 Å². The summed E-state index contributed by atoms with van der Waals surface area (Å²) in [6, 6.07) is 12.2. The van der Waals surface area contributed by atoms with E-state index in [1.165, 1.54) is 0 Å². The summed E-state index contributed by atoms with van der Waals surface area (Å²) < 4.78 is 0. The summed E-state index contributed by atoms with van der Waals surface area (Å²) in [7, 11) is 3.87. The molecule has 3 rings (SSSR count). The minimum absolute atomic E-state index is 0.668. The first-order valence-corrected chi connectivity index (χ1v) is 6.34. The quantitative estimate of drug-likeness (QED) is 0.771. The van der Waals surface area contributed by atoms with Crippen LogP contribution in [0.5, 0.6) is 0 Å². The van der Waals surface area contributed by atoms with Gasteiger partial charge in [-0.3, -0.25) is 0 Å². The lowest BCUT2D eigenvalue weighted by atomic mass is 10.0. The number of rotatable bonds is 2. The second-order valence-electron chi connectivity index (χ2n) is 4.88. The Hall–Kier alpha value is -2.80. The minimum atomic E-state index is 0.668. The summed E-state index contributed by atoms with van der Waals surface area (Å²) in [6.45, 7) is 0. The van der Waals surface area contributed by atoms with Crippen LogP contribution in [0.25, 0.3) is 22.2 Å². The Balaban J connectivity index is 2.12. The van der Waals surface area contributed by atoms with Crippen molar-refractivity contribution in [3.63, 3.8) is 0 Å². The van der Waals surface area contributed by atoms with E-state index in [0.717, 1.165) is 27.8 Å². The molecule has 3 aromatic rings. The van der Waals surface area contributed by atoms with Crippen LogP contribution in [0.1, 0.15) is 5.56 Å². The van der Waals surface area contributed by atoms with Crippen LogP contribution in [-0.4, -0.2) is 24.1 Å². The zero-order valence-electron chi connectivity index (χ0n) is 11.4. The molecular weight excluding hydrogens is 248 g/mol. The van der Waals surface area contributed by atoms with Crippen LogP contribution >= 0.6 is 0 Å². The molecule has 0 aliphatic carbocycles. The highest BCUT2D eigenvalue weighted by Gasteiger charge is 2.08. The molecule has 98 valence electrons. The summed E-state index contributed by atoms with van der Waals surface area (Å²) in [5.74, 6) is 0. The van der Waals surface area contributed by atoms with Crippen LogP contribution in [0.2, 0.25) is 0 Å². The summed E-state index contributed by atoms with van der Waals surface area (Å²) >= 11 is 0. The van der Waals surface area contributed by atoms with Gasteiger partial charge in [-0.05, 0) is 29.8 Å². The maximum Gasteiger partial charge on any atom is 0.137 e. The summed E-state index contributed by atoms with van der Waals surface area (Å²) in [5.41, 5.74) is 4.48. The van der Waals surface area contributed by atoms with Crippen LogP contribution in [-0.2, 0) is 0 Å². The van der Waals surface area contributed by atoms with E-state index in [9.17, 15) is 5.26 Å². The van der Waals surface area contributed by atoms with E-state index in [4.69, 9.17) is 0 Å². The maximum atomic E-state index is 9.28. The largest absolute Gasteiger partial charge is 0.377 e. The van der Waals surface area contributed by atoms with Gasteiger partial charge < -0.3 is 9.88 Å². The van der Waals surface area contributed by atoms with Crippen LogP contribution in [0.4, 0.5) is 5.69 Å². The van der Waals surface area contributed by atoms with Gasteiger partial charge in [0.2, 0.25) is 0 Å². The third kappa shape index (κ3) is 1.99. The van der Waals surface area contributed by atoms with E-state index in [-0.39, 0.29) is 0 Å². The number of aromatic nitrogens is 2. The van der Waals surface area contributed by atoms with Gasteiger partial charge in [-0.2, -0.15) is 5.26 Å². The van der Waals surface area contributed by atoms with Crippen molar-refractivity contribution in [2.24, 2.45) is 0 Å². The van der Waals surface area contributed by atoms with E-state index in [2.05, 4.69) is 22.1 Å². The van der Waals surface area contributed by atoms with Crippen molar-refractivity contribution in [1.82, 2.24) is 9.97 Å². The molecule has 2 heterocycles. The molecule has 0 spiro atoms. The molecule has 0 amide bonds. The number of anilines is 1. The number of nitrogens with zero attached hydrogens (tertiary/aromatic N) is 3. The lowest BCUT2D eigenvalue weighted by Gasteiger charge is -2.15. The highest BCUT2D eigenvalue weighted by molar-refractivity contribution is 5.82. The summed E-state index contributed by atoms with van der Waals surface area (Å²) in [4.78, 5) is 9.40. The van der Waals surface area contributed by atoms with Crippen molar-refractivity contribution in [3.05, 3.63) is 48.3 Å². The Morgan fingerprint density at radius 3 is 2.75 bits per heavy atom. The lowest BCUT2D eigenvalue weighted by molar-refractivity contribution is 1.12. The zero-order chi connectivity index (χ0) is 14.1. The van der Waals surface area contributed by atoms with Crippen LogP contribution < -0.4 is 4.90 Å². The minimum Gasteiger partial charge on any atom is -0.377 e. The molecule has 4 nitrogen and oxygen atoms in total. The van der Waals surface area contributed by atoms with Crippen molar-refractivity contribution in [2.75, 3.05) is 19.0 Å². The average Bonchev–Trinajstić information content (AvgIpc) is 2.93. The van der Waals surface area contributed by atoms with E-state index >= 15 is 0 Å². The first kappa shape index (κ1) is 12.2. The number of hydrogen-bond acceptors (Lipinski definition) is 3. The number of hydrogen-bond donors (Lipinski definition) is 1. The van der Waals surface area contributed by atoms with Crippen molar-refractivity contribution in [1.29, 1.82) is 5.26 Å². The smallest absolute Gasteiger partial charge is 0.137 e. The third-order valence-corrected chi connectivity index (χ3v) is 3.33. The Morgan fingerprint density at radius 2 is 2.00 bits per heavy atom. The standard InChI is InChI=1S/C16H14N4/c1-20(2)15-4-3-11(7-13(15)9-17)14-8-12-5-6-18-16(12)19-10-14/h3-8,10H,1-2H3,(H,18,19). The molecule has 0 bridgehead atoms. The topological polar surface area (TPSA) is 55.7 Å². The van der Waals surface area contributed by atoms with Gasteiger partial charge >= 0.3 is 0 Å². The van der Waals surface area contributed by atoms with Crippen LogP contribution in [0.15, 0.2) is 42.7 Å². The van der Waals surface area contributed by atoms with Gasteiger partial charge in [0.15, 0.2) is 0 Å². The number of pyridine rings is 1. The van der Waals surface area contributed by atoms with Gasteiger partial charge in [0.1, 0.15) is 11.7 Å². The van der Waals surface area contributed by atoms with Crippen molar-refractivity contribution >= 4 is 16.7 Å². The Bertz CT molecular complexity index is 809. The lowest BCUT2D eigenvalue weighted by Crippen LogP contribution is -2.10. The second-order valence-corrected chi connectivity index (χ2v) is 4.88. The number of H-pyrrole nitrogens is 1. The monoisotopic (exact) mass is 262 g/mol. The summed E-state index contributed by atoms with van der Waals surface area (Å²) in [5, 5.41) is 10.3. The van der Waals surface area contributed by atoms with Gasteiger partial charge in [0.25, 0.3) is 0 Å². The van der Waals surface area contributed by atoms with Gasteiger partial charge in [-0.1, -0.05) is 6.07 Å². The normalized spacial score (nSPS) is 10.4. The molecule has 0 aliphatic heterocycles. The fourth-order valence-corrected chi connectivity index (χ4v) is 2.29. The Labute approximate surface area is 117 Å². The van der Waals surface area contributed by atoms with Crippen LogP contribution in [0.3, 0.4) is 0 Å². The maximum absolute atomic E-state index is 9.28. The Kier molecular flexibility index (Phi) is 2.88. The highest BCUT2D eigenvalue weighted by Crippen LogP contribution is 2.27. The molecule has 0 radical (unpaired) electrons. The highest BCUT2D eigenvalue weighted by atomic mass is 15.1. The van der Waals surface area contributed by atoms with Gasteiger partial charge in [-0.25, -0.2) is 4.98 Å². The van der Waals surface area contributed by atoms with E-state index in [0.29, 0.717) is 5.56 Å². The van der Waals surface area contributed by atoms with E-state index < -0.39 is 0 Å². The molecule has 0 unspecified atom stereocenters. The number of nitriles is 1. The SMILES string of the molecule is CN(C)c1ccc(-c2cnc3[nH]ccc3c2)cc1C#N. The average molecular weight is 262 g/mol. The fraction of sp³-hybridized carbons (Fsp3) is 0.125. The molecule has 2 aromatic heterocycles. The summed E-state index contributed by atoms with van der Waals surface area (Å²) in [6.07, 6.45) is 3.70. The molecule has 1 aromatic carbocycles. The van der Waals surface area contributed by atoms with Crippen molar-refractivity contribution < 1.29 is 0 Å². The fourth-order valence-electron chi connectivity index (χ4n) is 2.29. The first-order chi connectivity index (χ1) is 9.69. The molecule has 0 fully saturated rings. The third-order valence-electron chi connectivity index (χ3n) is 3.33. The number of aromatic amines is 1. The van der Waals surface area contributed by atoms with Gasteiger partial charge in [0, 0.05) is 37.4 Å². The predicted octanol–water partition coefficient (Wildman–Crippen LogP) is 3.17. The number of fused-ring (bicyclic) bond motifs is 1. The zero-order valence-corrected chi connectivity index (χ0v) is 11.4. The molecule has 0 aliphatic rings. The molecule has 0 saturated carbocycles.